The van der Waals surface area contributed by atoms with E-state index in [4.69, 9.17) is 23.2 Å². The molecular formula is C23H25Cl2N3O5S. The first kappa shape index (κ1) is 26.0. The third-order valence-corrected chi connectivity index (χ3v) is 8.09. The van der Waals surface area contributed by atoms with Crippen molar-refractivity contribution in [2.24, 2.45) is 0 Å². The number of hydrogen-bond acceptors (Lipinski definition) is 5. The fourth-order valence-electron chi connectivity index (χ4n) is 3.84. The lowest BCUT2D eigenvalue weighted by molar-refractivity contribution is -0.141. The van der Waals surface area contributed by atoms with Gasteiger partial charge in [0.15, 0.2) is 0 Å². The molecule has 11 heteroatoms. The van der Waals surface area contributed by atoms with Crippen LogP contribution in [0.2, 0.25) is 10.0 Å². The van der Waals surface area contributed by atoms with Gasteiger partial charge in [-0.2, -0.15) is 0 Å². The summed E-state index contributed by atoms with van der Waals surface area (Å²) in [5.41, 5.74) is 0.735. The number of nitrogens with one attached hydrogen (secondary N) is 1. The van der Waals surface area contributed by atoms with Gasteiger partial charge in [-0.05, 0) is 43.2 Å². The summed E-state index contributed by atoms with van der Waals surface area (Å²) in [6, 6.07) is 10.0. The van der Waals surface area contributed by atoms with Crippen LogP contribution < -0.4 is 5.32 Å². The third kappa shape index (κ3) is 5.21. The van der Waals surface area contributed by atoms with Gasteiger partial charge in [-0.25, -0.2) is 12.7 Å². The number of rotatable bonds is 9. The van der Waals surface area contributed by atoms with Crippen LogP contribution in [0.25, 0.3) is 0 Å². The van der Waals surface area contributed by atoms with E-state index in [0.29, 0.717) is 32.9 Å². The fourth-order valence-corrected chi connectivity index (χ4v) is 5.73. The molecule has 0 saturated carbocycles. The highest BCUT2D eigenvalue weighted by Crippen LogP contribution is 2.30. The Morgan fingerprint density at radius 1 is 1.09 bits per heavy atom. The maximum Gasteiger partial charge on any atom is 0.269 e. The predicted octanol–water partition coefficient (Wildman–Crippen LogP) is 3.47. The zero-order valence-corrected chi connectivity index (χ0v) is 21.1. The van der Waals surface area contributed by atoms with E-state index in [1.165, 1.54) is 23.1 Å². The Morgan fingerprint density at radius 2 is 1.79 bits per heavy atom. The highest BCUT2D eigenvalue weighted by atomic mass is 35.5. The standard InChI is InChI=1S/C23H25Cl2N3O5S/c1-3-19(22(30)26-4-2)27(14-15-9-10-17(24)18(25)13-15)21(29)11-12-28-23(31)16-7-5-6-8-20(16)34(28,32)33/h5-10,13,19H,3-4,11-12,14H2,1-2H3,(H,26,30). The molecule has 1 heterocycles. The van der Waals surface area contributed by atoms with Crippen LogP contribution in [0.1, 0.15) is 42.6 Å². The molecule has 1 N–H and O–H groups in total. The summed E-state index contributed by atoms with van der Waals surface area (Å²) in [7, 11) is -4.04. The Morgan fingerprint density at radius 3 is 2.41 bits per heavy atom. The van der Waals surface area contributed by atoms with Crippen LogP contribution in [-0.2, 0) is 26.2 Å². The normalized spacial score (nSPS) is 15.1. The van der Waals surface area contributed by atoms with Gasteiger partial charge < -0.3 is 10.2 Å². The summed E-state index contributed by atoms with van der Waals surface area (Å²) in [4.78, 5) is 40.0. The number of sulfonamides is 1. The molecule has 2 aromatic rings. The van der Waals surface area contributed by atoms with Crippen molar-refractivity contribution in [3.63, 3.8) is 0 Å². The summed E-state index contributed by atoms with van der Waals surface area (Å²) < 4.78 is 26.3. The molecule has 182 valence electrons. The Bertz CT molecular complexity index is 1220. The molecule has 34 heavy (non-hydrogen) atoms. The number of fused-ring (bicyclic) bond motifs is 1. The van der Waals surface area contributed by atoms with Gasteiger partial charge in [0, 0.05) is 26.1 Å². The van der Waals surface area contributed by atoms with Crippen molar-refractivity contribution in [2.75, 3.05) is 13.1 Å². The van der Waals surface area contributed by atoms with Crippen LogP contribution in [0.15, 0.2) is 47.4 Å². The number of hydrogen-bond donors (Lipinski definition) is 1. The molecule has 0 aromatic heterocycles. The van der Waals surface area contributed by atoms with Gasteiger partial charge in [-0.3, -0.25) is 14.4 Å². The van der Waals surface area contributed by atoms with Crippen molar-refractivity contribution in [1.82, 2.24) is 14.5 Å². The number of halogens is 2. The topological polar surface area (TPSA) is 104 Å². The second-order valence-electron chi connectivity index (χ2n) is 7.72. The Hall–Kier alpha value is -2.62. The summed E-state index contributed by atoms with van der Waals surface area (Å²) in [5.74, 6) is -1.46. The molecular weight excluding hydrogens is 501 g/mol. The Kier molecular flexibility index (Phi) is 8.22. The van der Waals surface area contributed by atoms with E-state index in [1.807, 2.05) is 0 Å². The minimum absolute atomic E-state index is 0.0618. The van der Waals surface area contributed by atoms with Gasteiger partial charge in [0.25, 0.3) is 15.9 Å². The van der Waals surface area contributed by atoms with Crippen LogP contribution in [0, 0.1) is 0 Å². The van der Waals surface area contributed by atoms with Gasteiger partial charge >= 0.3 is 0 Å². The molecule has 0 saturated heterocycles. The van der Waals surface area contributed by atoms with Crippen LogP contribution in [0.5, 0.6) is 0 Å². The maximum absolute atomic E-state index is 13.3. The molecule has 0 bridgehead atoms. The monoisotopic (exact) mass is 525 g/mol. The molecule has 0 aliphatic carbocycles. The highest BCUT2D eigenvalue weighted by Gasteiger charge is 2.41. The molecule has 1 atom stereocenters. The van der Waals surface area contributed by atoms with E-state index in [2.05, 4.69) is 5.32 Å². The minimum atomic E-state index is -4.04. The first-order valence-corrected chi connectivity index (χ1v) is 13.0. The van der Waals surface area contributed by atoms with E-state index < -0.39 is 27.9 Å². The van der Waals surface area contributed by atoms with Crippen LogP contribution >= 0.6 is 23.2 Å². The van der Waals surface area contributed by atoms with E-state index in [0.717, 1.165) is 0 Å². The molecule has 0 fully saturated rings. The van der Waals surface area contributed by atoms with Crippen molar-refractivity contribution < 1.29 is 22.8 Å². The van der Waals surface area contributed by atoms with Gasteiger partial charge in [-0.15, -0.1) is 0 Å². The average Bonchev–Trinajstić information content (AvgIpc) is 3.00. The van der Waals surface area contributed by atoms with Crippen LogP contribution in [-0.4, -0.2) is 54.5 Å². The molecule has 2 aromatic carbocycles. The SMILES string of the molecule is CCNC(=O)C(CC)N(Cc1ccc(Cl)c(Cl)c1)C(=O)CCN1C(=O)c2ccccc2S1(=O)=O. The highest BCUT2D eigenvalue weighted by molar-refractivity contribution is 7.90. The number of benzene rings is 2. The second-order valence-corrected chi connectivity index (χ2v) is 10.4. The molecule has 1 aliphatic rings. The number of carbonyl (C=O) groups is 3. The summed E-state index contributed by atoms with van der Waals surface area (Å²) in [5, 5.41) is 3.39. The third-order valence-electron chi connectivity index (χ3n) is 5.51. The summed E-state index contributed by atoms with van der Waals surface area (Å²) in [6.07, 6.45) is 0.0570. The maximum atomic E-state index is 13.3. The number of likely N-dealkylation sites (N-methyl/N-ethyl adjacent to an activating group) is 1. The zero-order chi connectivity index (χ0) is 25.0. The van der Waals surface area contributed by atoms with Crippen molar-refractivity contribution in [3.05, 3.63) is 63.6 Å². The van der Waals surface area contributed by atoms with Crippen molar-refractivity contribution >= 4 is 50.9 Å². The number of amides is 3. The van der Waals surface area contributed by atoms with E-state index in [1.54, 1.807) is 38.1 Å². The lowest BCUT2D eigenvalue weighted by Gasteiger charge is -2.31. The van der Waals surface area contributed by atoms with Gasteiger partial charge in [0.1, 0.15) is 10.9 Å². The average molecular weight is 526 g/mol. The summed E-state index contributed by atoms with van der Waals surface area (Å²) in [6.45, 7) is 3.67. The van der Waals surface area contributed by atoms with Crippen molar-refractivity contribution in [1.29, 1.82) is 0 Å². The molecule has 0 radical (unpaired) electrons. The predicted molar refractivity (Wildman–Crippen MR) is 129 cm³/mol. The van der Waals surface area contributed by atoms with E-state index in [-0.39, 0.29) is 35.9 Å². The molecule has 3 rings (SSSR count). The van der Waals surface area contributed by atoms with E-state index in [9.17, 15) is 22.8 Å². The second kappa shape index (κ2) is 10.8. The first-order chi connectivity index (χ1) is 16.1. The van der Waals surface area contributed by atoms with Gasteiger partial charge in [0.05, 0.1) is 15.6 Å². The summed E-state index contributed by atoms with van der Waals surface area (Å²) >= 11 is 12.1. The largest absolute Gasteiger partial charge is 0.355 e. The molecule has 3 amide bonds. The van der Waals surface area contributed by atoms with Crippen LogP contribution in [0.4, 0.5) is 0 Å². The van der Waals surface area contributed by atoms with Crippen molar-refractivity contribution in [2.45, 2.75) is 44.2 Å². The smallest absolute Gasteiger partial charge is 0.269 e. The van der Waals surface area contributed by atoms with Crippen molar-refractivity contribution in [3.8, 4) is 0 Å². The molecule has 0 spiro atoms. The Labute approximate surface area is 208 Å². The lowest BCUT2D eigenvalue weighted by Crippen LogP contribution is -2.49. The molecule has 1 aliphatic heterocycles. The number of carbonyl (C=O) groups excluding carboxylic acids is 3. The minimum Gasteiger partial charge on any atom is -0.355 e. The first-order valence-electron chi connectivity index (χ1n) is 10.8. The molecule has 1 unspecified atom stereocenters. The molecule has 8 nitrogen and oxygen atoms in total. The number of nitrogens with zero attached hydrogens (tertiary/aromatic N) is 2. The lowest BCUT2D eigenvalue weighted by atomic mass is 10.1. The quantitative estimate of drug-likeness (QED) is 0.539. The van der Waals surface area contributed by atoms with Gasteiger partial charge in [0.2, 0.25) is 11.8 Å². The van der Waals surface area contributed by atoms with Crippen LogP contribution in [0.3, 0.4) is 0 Å². The fraction of sp³-hybridized carbons (Fsp3) is 0.348. The van der Waals surface area contributed by atoms with E-state index >= 15 is 0 Å². The zero-order valence-electron chi connectivity index (χ0n) is 18.8. The Balaban J connectivity index is 1.84. The van der Waals surface area contributed by atoms with Gasteiger partial charge in [-0.1, -0.05) is 48.3 Å².